The predicted molar refractivity (Wildman–Crippen MR) is 77.7 cm³/mol. The molecule has 20 heavy (non-hydrogen) atoms. The number of likely N-dealkylation sites (N-methyl/N-ethyl adjacent to an activating group) is 1. The lowest BCUT2D eigenvalue weighted by molar-refractivity contribution is 0.539. The van der Waals surface area contributed by atoms with Gasteiger partial charge in [0.05, 0.1) is 0 Å². The van der Waals surface area contributed by atoms with Gasteiger partial charge in [0.15, 0.2) is 0 Å². The summed E-state index contributed by atoms with van der Waals surface area (Å²) in [6.45, 7) is 4.65. The lowest BCUT2D eigenvalue weighted by atomic mass is 9.97. The standard InChI is InChI=1S/C17H19F2N/c1-3-20-17(10-13-5-4-6-15(18)9-13)14-7-12(2)8-16(19)11-14/h4-9,11,17,20H,3,10H2,1-2H3. The minimum atomic E-state index is -0.242. The van der Waals surface area contributed by atoms with Crippen molar-refractivity contribution in [2.75, 3.05) is 6.54 Å². The van der Waals surface area contributed by atoms with Crippen LogP contribution in [0.3, 0.4) is 0 Å². The van der Waals surface area contributed by atoms with Crippen molar-refractivity contribution in [3.05, 3.63) is 70.8 Å². The average molecular weight is 275 g/mol. The van der Waals surface area contributed by atoms with Crippen LogP contribution in [0.2, 0.25) is 0 Å². The summed E-state index contributed by atoms with van der Waals surface area (Å²) in [5, 5.41) is 3.33. The normalized spacial score (nSPS) is 12.4. The molecule has 0 aliphatic heterocycles. The topological polar surface area (TPSA) is 12.0 Å². The number of hydrogen-bond acceptors (Lipinski definition) is 1. The van der Waals surface area contributed by atoms with Crippen LogP contribution in [0, 0.1) is 18.6 Å². The van der Waals surface area contributed by atoms with Gasteiger partial charge in [0, 0.05) is 6.04 Å². The molecule has 0 heterocycles. The van der Waals surface area contributed by atoms with Gasteiger partial charge >= 0.3 is 0 Å². The fourth-order valence-corrected chi connectivity index (χ4v) is 2.42. The van der Waals surface area contributed by atoms with E-state index in [-0.39, 0.29) is 17.7 Å². The molecule has 1 nitrogen and oxygen atoms in total. The maximum atomic E-state index is 13.5. The van der Waals surface area contributed by atoms with Crippen LogP contribution in [-0.2, 0) is 6.42 Å². The third kappa shape index (κ3) is 3.87. The molecule has 106 valence electrons. The van der Waals surface area contributed by atoms with Crippen molar-refractivity contribution in [3.8, 4) is 0 Å². The van der Waals surface area contributed by atoms with E-state index in [2.05, 4.69) is 5.32 Å². The van der Waals surface area contributed by atoms with Gasteiger partial charge in [-0.1, -0.05) is 25.1 Å². The Labute approximate surface area is 118 Å². The second-order valence-corrected chi connectivity index (χ2v) is 5.01. The number of rotatable bonds is 5. The summed E-state index contributed by atoms with van der Waals surface area (Å²) in [4.78, 5) is 0. The van der Waals surface area contributed by atoms with Gasteiger partial charge in [0.2, 0.25) is 0 Å². The van der Waals surface area contributed by atoms with Crippen LogP contribution in [0.5, 0.6) is 0 Å². The third-order valence-electron chi connectivity index (χ3n) is 3.25. The fraction of sp³-hybridized carbons (Fsp3) is 0.294. The lowest BCUT2D eigenvalue weighted by Crippen LogP contribution is -2.23. The first-order valence-electron chi connectivity index (χ1n) is 6.83. The Kier molecular flexibility index (Phi) is 4.85. The highest BCUT2D eigenvalue weighted by Crippen LogP contribution is 2.21. The smallest absolute Gasteiger partial charge is 0.123 e. The van der Waals surface area contributed by atoms with Crippen LogP contribution < -0.4 is 5.32 Å². The zero-order chi connectivity index (χ0) is 14.5. The molecule has 1 N–H and O–H groups in total. The van der Waals surface area contributed by atoms with E-state index < -0.39 is 0 Å². The molecule has 0 saturated carbocycles. The SMILES string of the molecule is CCNC(Cc1cccc(F)c1)c1cc(C)cc(F)c1. The molecular formula is C17H19F2N. The van der Waals surface area contributed by atoms with Crippen molar-refractivity contribution in [1.29, 1.82) is 0 Å². The molecular weight excluding hydrogens is 256 g/mol. The van der Waals surface area contributed by atoms with Crippen molar-refractivity contribution in [2.24, 2.45) is 0 Å². The molecule has 2 aromatic carbocycles. The molecule has 2 aromatic rings. The molecule has 0 spiro atoms. The van der Waals surface area contributed by atoms with E-state index in [9.17, 15) is 8.78 Å². The van der Waals surface area contributed by atoms with Gasteiger partial charge in [-0.25, -0.2) is 8.78 Å². The quantitative estimate of drug-likeness (QED) is 0.863. The maximum absolute atomic E-state index is 13.5. The average Bonchev–Trinajstić information content (AvgIpc) is 2.37. The first-order valence-corrected chi connectivity index (χ1v) is 6.83. The predicted octanol–water partition coefficient (Wildman–Crippen LogP) is 4.17. The molecule has 0 bridgehead atoms. The molecule has 0 aliphatic rings. The molecule has 2 rings (SSSR count). The van der Waals surface area contributed by atoms with E-state index >= 15 is 0 Å². The monoisotopic (exact) mass is 275 g/mol. The highest BCUT2D eigenvalue weighted by molar-refractivity contribution is 5.28. The first-order chi connectivity index (χ1) is 9.58. The Morgan fingerprint density at radius 3 is 2.50 bits per heavy atom. The molecule has 0 radical (unpaired) electrons. The Bertz CT molecular complexity index is 561. The highest BCUT2D eigenvalue weighted by atomic mass is 19.1. The van der Waals surface area contributed by atoms with Gasteiger partial charge in [0.25, 0.3) is 0 Å². The van der Waals surface area contributed by atoms with Crippen LogP contribution >= 0.6 is 0 Å². The number of hydrogen-bond donors (Lipinski definition) is 1. The lowest BCUT2D eigenvalue weighted by Gasteiger charge is -2.19. The van der Waals surface area contributed by atoms with E-state index in [0.717, 1.165) is 23.2 Å². The fourth-order valence-electron chi connectivity index (χ4n) is 2.42. The molecule has 0 fully saturated rings. The van der Waals surface area contributed by atoms with Crippen molar-refractivity contribution >= 4 is 0 Å². The second-order valence-electron chi connectivity index (χ2n) is 5.01. The van der Waals surface area contributed by atoms with Crippen molar-refractivity contribution in [2.45, 2.75) is 26.3 Å². The maximum Gasteiger partial charge on any atom is 0.123 e. The summed E-state index contributed by atoms with van der Waals surface area (Å²) in [5.74, 6) is -0.477. The summed E-state index contributed by atoms with van der Waals surface area (Å²) in [6.07, 6.45) is 0.633. The number of aryl methyl sites for hydroxylation is 1. The van der Waals surface area contributed by atoms with E-state index in [1.165, 1.54) is 18.2 Å². The number of nitrogens with one attached hydrogen (secondary N) is 1. The highest BCUT2D eigenvalue weighted by Gasteiger charge is 2.13. The number of benzene rings is 2. The third-order valence-corrected chi connectivity index (χ3v) is 3.25. The van der Waals surface area contributed by atoms with E-state index in [1.807, 2.05) is 26.0 Å². The molecule has 0 saturated heterocycles. The van der Waals surface area contributed by atoms with Crippen LogP contribution in [-0.4, -0.2) is 6.54 Å². The summed E-state index contributed by atoms with van der Waals surface area (Å²) in [7, 11) is 0. The van der Waals surface area contributed by atoms with Gasteiger partial charge in [-0.15, -0.1) is 0 Å². The summed E-state index contributed by atoms with van der Waals surface area (Å²) in [5.41, 5.74) is 2.69. The molecule has 0 amide bonds. The molecule has 0 aliphatic carbocycles. The van der Waals surface area contributed by atoms with Gasteiger partial charge in [-0.2, -0.15) is 0 Å². The van der Waals surface area contributed by atoms with Crippen molar-refractivity contribution < 1.29 is 8.78 Å². The minimum absolute atomic E-state index is 0.0174. The Morgan fingerprint density at radius 1 is 1.05 bits per heavy atom. The van der Waals surface area contributed by atoms with E-state index in [4.69, 9.17) is 0 Å². The first kappa shape index (κ1) is 14.7. The van der Waals surface area contributed by atoms with Gasteiger partial charge < -0.3 is 5.32 Å². The molecule has 1 unspecified atom stereocenters. The van der Waals surface area contributed by atoms with Crippen LogP contribution in [0.15, 0.2) is 42.5 Å². The van der Waals surface area contributed by atoms with Crippen molar-refractivity contribution in [1.82, 2.24) is 5.32 Å². The summed E-state index contributed by atoms with van der Waals surface area (Å²) < 4.78 is 26.8. The zero-order valence-electron chi connectivity index (χ0n) is 11.8. The zero-order valence-corrected chi connectivity index (χ0v) is 11.8. The molecule has 0 aromatic heterocycles. The van der Waals surface area contributed by atoms with Gasteiger partial charge in [-0.3, -0.25) is 0 Å². The second kappa shape index (κ2) is 6.62. The number of halogens is 2. The van der Waals surface area contributed by atoms with E-state index in [0.29, 0.717) is 6.42 Å². The van der Waals surface area contributed by atoms with Gasteiger partial charge in [-0.05, 0) is 60.8 Å². The van der Waals surface area contributed by atoms with Crippen LogP contribution in [0.1, 0.15) is 29.7 Å². The minimum Gasteiger partial charge on any atom is -0.310 e. The summed E-state index contributed by atoms with van der Waals surface area (Å²) >= 11 is 0. The van der Waals surface area contributed by atoms with Gasteiger partial charge in [0.1, 0.15) is 11.6 Å². The summed E-state index contributed by atoms with van der Waals surface area (Å²) in [6, 6.07) is 11.5. The van der Waals surface area contributed by atoms with Crippen LogP contribution in [0.4, 0.5) is 8.78 Å². The molecule has 3 heteroatoms. The Hall–Kier alpha value is -1.74. The van der Waals surface area contributed by atoms with E-state index in [1.54, 1.807) is 12.1 Å². The van der Waals surface area contributed by atoms with Crippen LogP contribution in [0.25, 0.3) is 0 Å². The Morgan fingerprint density at radius 2 is 1.85 bits per heavy atom. The molecule has 1 atom stereocenters. The largest absolute Gasteiger partial charge is 0.310 e. The Balaban J connectivity index is 2.26. The van der Waals surface area contributed by atoms with Crippen molar-refractivity contribution in [3.63, 3.8) is 0 Å².